The highest BCUT2D eigenvalue weighted by Gasteiger charge is 2.25. The van der Waals surface area contributed by atoms with Crippen molar-refractivity contribution in [1.29, 1.82) is 0 Å². The number of aromatic amines is 1. The lowest BCUT2D eigenvalue weighted by atomic mass is 9.96. The molecule has 6 heteroatoms. The summed E-state index contributed by atoms with van der Waals surface area (Å²) in [6, 6.07) is 7.34. The summed E-state index contributed by atoms with van der Waals surface area (Å²) in [6.07, 6.45) is 3.68. The van der Waals surface area contributed by atoms with Crippen LogP contribution in [0.2, 0.25) is 0 Å². The highest BCUT2D eigenvalue weighted by Crippen LogP contribution is 2.21. The Balaban J connectivity index is 1.64. The Labute approximate surface area is 141 Å². The van der Waals surface area contributed by atoms with E-state index in [2.05, 4.69) is 27.1 Å². The number of para-hydroxylation sites is 1. The molecule has 2 aromatic rings. The fourth-order valence-corrected chi connectivity index (χ4v) is 3.11. The van der Waals surface area contributed by atoms with E-state index in [0.29, 0.717) is 16.9 Å². The molecule has 128 valence electrons. The number of fused-ring (bicyclic) bond motifs is 1. The smallest absolute Gasteiger partial charge is 0.260 e. The van der Waals surface area contributed by atoms with Gasteiger partial charge in [-0.2, -0.15) is 0 Å². The second kappa shape index (κ2) is 7.47. The number of benzene rings is 1. The van der Waals surface area contributed by atoms with Crippen molar-refractivity contribution in [2.75, 3.05) is 24.5 Å². The minimum absolute atomic E-state index is 0.0604. The topological polar surface area (TPSA) is 78.1 Å². The Bertz CT molecular complexity index is 763. The zero-order valence-electron chi connectivity index (χ0n) is 14.0. The molecule has 1 saturated heterocycles. The number of carbonyl (C=O) groups excluding carboxylic acids is 1. The van der Waals surface area contributed by atoms with Crippen LogP contribution in [-0.4, -0.2) is 35.5 Å². The third-order valence-electron chi connectivity index (χ3n) is 4.60. The number of anilines is 1. The number of H-pyrrole nitrogens is 1. The van der Waals surface area contributed by atoms with Gasteiger partial charge in [-0.05, 0) is 31.4 Å². The molecular weight excluding hydrogens is 304 g/mol. The van der Waals surface area contributed by atoms with Crippen molar-refractivity contribution in [2.24, 2.45) is 5.92 Å². The summed E-state index contributed by atoms with van der Waals surface area (Å²) in [5, 5.41) is 3.61. The van der Waals surface area contributed by atoms with Gasteiger partial charge in [-0.25, -0.2) is 4.98 Å². The molecule has 6 nitrogen and oxygen atoms in total. The van der Waals surface area contributed by atoms with Gasteiger partial charge in [0.25, 0.3) is 5.56 Å². The Morgan fingerprint density at radius 3 is 2.83 bits per heavy atom. The number of rotatable bonds is 5. The number of unbranched alkanes of at least 4 members (excludes halogenated alkanes) is 1. The standard InChI is InChI=1S/C18H24N4O2/c1-2-3-10-19-16(23)13-8-11-22(12-9-13)18-20-15-7-5-4-6-14(15)17(24)21-18/h4-7,13H,2-3,8-12H2,1H3,(H,19,23)(H,20,21,24). The maximum Gasteiger partial charge on any atom is 0.260 e. The zero-order chi connectivity index (χ0) is 16.9. The fourth-order valence-electron chi connectivity index (χ4n) is 3.11. The maximum atomic E-state index is 12.2. The molecule has 1 amide bonds. The molecule has 3 rings (SSSR count). The quantitative estimate of drug-likeness (QED) is 0.824. The molecule has 0 aliphatic carbocycles. The van der Waals surface area contributed by atoms with E-state index in [1.807, 2.05) is 18.2 Å². The minimum Gasteiger partial charge on any atom is -0.356 e. The molecule has 0 spiro atoms. The van der Waals surface area contributed by atoms with Gasteiger partial charge < -0.3 is 10.2 Å². The predicted octanol–water partition coefficient (Wildman–Crippen LogP) is 2.06. The zero-order valence-corrected chi connectivity index (χ0v) is 14.0. The van der Waals surface area contributed by atoms with Crippen molar-refractivity contribution in [3.8, 4) is 0 Å². The summed E-state index contributed by atoms with van der Waals surface area (Å²) in [7, 11) is 0. The predicted molar refractivity (Wildman–Crippen MR) is 95.2 cm³/mol. The van der Waals surface area contributed by atoms with Gasteiger partial charge in [0.15, 0.2) is 0 Å². The van der Waals surface area contributed by atoms with Crippen LogP contribution in [0.4, 0.5) is 5.95 Å². The van der Waals surface area contributed by atoms with Crippen molar-refractivity contribution in [3.63, 3.8) is 0 Å². The van der Waals surface area contributed by atoms with Gasteiger partial charge >= 0.3 is 0 Å². The van der Waals surface area contributed by atoms with Crippen molar-refractivity contribution in [2.45, 2.75) is 32.6 Å². The molecule has 2 heterocycles. The summed E-state index contributed by atoms with van der Waals surface area (Å²) < 4.78 is 0. The first-order chi connectivity index (χ1) is 11.7. The number of piperidine rings is 1. The SMILES string of the molecule is CCCCNC(=O)C1CCN(c2nc3ccccc3c(=O)[nH]2)CC1. The first-order valence-electron chi connectivity index (χ1n) is 8.70. The highest BCUT2D eigenvalue weighted by molar-refractivity contribution is 5.79. The Morgan fingerprint density at radius 2 is 2.08 bits per heavy atom. The van der Waals surface area contributed by atoms with Gasteiger partial charge in [0.1, 0.15) is 0 Å². The number of nitrogens with one attached hydrogen (secondary N) is 2. The molecule has 0 saturated carbocycles. The fraction of sp³-hybridized carbons (Fsp3) is 0.500. The van der Waals surface area contributed by atoms with Crippen LogP contribution in [0.5, 0.6) is 0 Å². The van der Waals surface area contributed by atoms with E-state index in [9.17, 15) is 9.59 Å². The first-order valence-corrected chi connectivity index (χ1v) is 8.70. The van der Waals surface area contributed by atoms with E-state index in [1.165, 1.54) is 0 Å². The molecule has 0 atom stereocenters. The van der Waals surface area contributed by atoms with Gasteiger partial charge in [0, 0.05) is 25.6 Å². The monoisotopic (exact) mass is 328 g/mol. The van der Waals surface area contributed by atoms with Crippen LogP contribution in [0, 0.1) is 5.92 Å². The minimum atomic E-state index is -0.116. The molecule has 0 unspecified atom stereocenters. The molecule has 0 bridgehead atoms. The Hall–Kier alpha value is -2.37. The van der Waals surface area contributed by atoms with E-state index in [0.717, 1.165) is 45.3 Å². The van der Waals surface area contributed by atoms with Crippen molar-refractivity contribution in [3.05, 3.63) is 34.6 Å². The van der Waals surface area contributed by atoms with Gasteiger partial charge in [-0.1, -0.05) is 25.5 Å². The highest BCUT2D eigenvalue weighted by atomic mass is 16.2. The van der Waals surface area contributed by atoms with Crippen LogP contribution < -0.4 is 15.8 Å². The van der Waals surface area contributed by atoms with Crippen LogP contribution in [0.1, 0.15) is 32.6 Å². The number of hydrogen-bond donors (Lipinski definition) is 2. The van der Waals surface area contributed by atoms with Gasteiger partial charge in [-0.3, -0.25) is 14.6 Å². The molecule has 1 aromatic carbocycles. The van der Waals surface area contributed by atoms with Crippen LogP contribution in [0.3, 0.4) is 0 Å². The van der Waals surface area contributed by atoms with E-state index >= 15 is 0 Å². The van der Waals surface area contributed by atoms with E-state index < -0.39 is 0 Å². The lowest BCUT2D eigenvalue weighted by molar-refractivity contribution is -0.125. The van der Waals surface area contributed by atoms with Crippen LogP contribution >= 0.6 is 0 Å². The molecule has 1 aliphatic rings. The van der Waals surface area contributed by atoms with Crippen LogP contribution in [0.25, 0.3) is 10.9 Å². The molecule has 24 heavy (non-hydrogen) atoms. The van der Waals surface area contributed by atoms with E-state index in [4.69, 9.17) is 0 Å². The van der Waals surface area contributed by atoms with Crippen molar-refractivity contribution in [1.82, 2.24) is 15.3 Å². The molecule has 2 N–H and O–H groups in total. The largest absolute Gasteiger partial charge is 0.356 e. The lowest BCUT2D eigenvalue weighted by Crippen LogP contribution is -2.41. The average molecular weight is 328 g/mol. The number of carbonyl (C=O) groups is 1. The Kier molecular flexibility index (Phi) is 5.13. The molecular formula is C18H24N4O2. The lowest BCUT2D eigenvalue weighted by Gasteiger charge is -2.31. The maximum absolute atomic E-state index is 12.2. The van der Waals surface area contributed by atoms with Crippen molar-refractivity contribution < 1.29 is 4.79 Å². The summed E-state index contributed by atoms with van der Waals surface area (Å²) in [6.45, 7) is 4.33. The molecule has 1 aromatic heterocycles. The number of aromatic nitrogens is 2. The summed E-state index contributed by atoms with van der Waals surface area (Å²) in [5.74, 6) is 0.817. The van der Waals surface area contributed by atoms with Crippen molar-refractivity contribution >= 4 is 22.8 Å². The molecule has 1 fully saturated rings. The van der Waals surface area contributed by atoms with Gasteiger partial charge in [0.2, 0.25) is 11.9 Å². The second-order valence-electron chi connectivity index (χ2n) is 6.31. The van der Waals surface area contributed by atoms with Gasteiger partial charge in [-0.15, -0.1) is 0 Å². The summed E-state index contributed by atoms with van der Waals surface area (Å²) in [4.78, 5) is 33.8. The number of amides is 1. The number of nitrogens with zero attached hydrogens (tertiary/aromatic N) is 2. The normalized spacial score (nSPS) is 15.6. The second-order valence-corrected chi connectivity index (χ2v) is 6.31. The van der Waals surface area contributed by atoms with Crippen LogP contribution in [0.15, 0.2) is 29.1 Å². The third kappa shape index (κ3) is 3.58. The number of hydrogen-bond acceptors (Lipinski definition) is 4. The van der Waals surface area contributed by atoms with Gasteiger partial charge in [0.05, 0.1) is 10.9 Å². The Morgan fingerprint density at radius 1 is 1.33 bits per heavy atom. The average Bonchev–Trinajstić information content (AvgIpc) is 2.62. The van der Waals surface area contributed by atoms with E-state index in [-0.39, 0.29) is 17.4 Å². The summed E-state index contributed by atoms with van der Waals surface area (Å²) >= 11 is 0. The van der Waals surface area contributed by atoms with Crippen LogP contribution in [-0.2, 0) is 4.79 Å². The van der Waals surface area contributed by atoms with E-state index in [1.54, 1.807) is 6.07 Å². The summed E-state index contributed by atoms with van der Waals surface area (Å²) in [5.41, 5.74) is 0.589. The molecule has 0 radical (unpaired) electrons. The molecule has 1 aliphatic heterocycles. The first kappa shape index (κ1) is 16.5. The third-order valence-corrected chi connectivity index (χ3v) is 4.60.